The Morgan fingerprint density at radius 2 is 2.00 bits per heavy atom. The number of hydrogen-bond acceptors (Lipinski definition) is 3. The lowest BCUT2D eigenvalue weighted by molar-refractivity contribution is 0.0690. The van der Waals surface area contributed by atoms with Crippen LogP contribution in [0.4, 0.5) is 0 Å². The Labute approximate surface area is 122 Å². The number of amides is 1. The van der Waals surface area contributed by atoms with Gasteiger partial charge in [-0.2, -0.15) is 0 Å². The Hall–Kier alpha value is -2.69. The van der Waals surface area contributed by atoms with E-state index in [0.717, 1.165) is 11.1 Å². The Kier molecular flexibility index (Phi) is 4.33. The van der Waals surface area contributed by atoms with Crippen LogP contribution in [0.15, 0.2) is 42.6 Å². The van der Waals surface area contributed by atoms with E-state index in [2.05, 4.69) is 4.98 Å². The van der Waals surface area contributed by atoms with Crippen LogP contribution in [0.1, 0.15) is 32.0 Å². The van der Waals surface area contributed by atoms with Crippen LogP contribution in [0.25, 0.3) is 0 Å². The smallest absolute Gasteiger partial charge is 0.354 e. The third-order valence-corrected chi connectivity index (χ3v) is 3.07. The maximum atomic E-state index is 12.3. The molecule has 0 saturated heterocycles. The largest absolute Gasteiger partial charge is 0.477 e. The molecule has 0 fully saturated rings. The number of carboxylic acids is 1. The number of nitrogens with zero attached hydrogens (tertiary/aromatic N) is 2. The highest BCUT2D eigenvalue weighted by Crippen LogP contribution is 2.10. The molecule has 1 amide bonds. The lowest BCUT2D eigenvalue weighted by Gasteiger charge is -2.17. The lowest BCUT2D eigenvalue weighted by atomic mass is 10.1. The first-order valence-corrected chi connectivity index (χ1v) is 6.47. The molecular formula is C16H16N2O3. The zero-order valence-corrected chi connectivity index (χ0v) is 11.9. The maximum Gasteiger partial charge on any atom is 0.354 e. The highest BCUT2D eigenvalue weighted by atomic mass is 16.4. The molecule has 0 bridgehead atoms. The summed E-state index contributed by atoms with van der Waals surface area (Å²) in [5.74, 6) is -1.38. The Bertz CT molecular complexity index is 683. The molecule has 0 aliphatic heterocycles. The van der Waals surface area contributed by atoms with Crippen molar-refractivity contribution in [1.29, 1.82) is 0 Å². The van der Waals surface area contributed by atoms with Crippen molar-refractivity contribution in [2.45, 2.75) is 13.5 Å². The monoisotopic (exact) mass is 284 g/mol. The predicted molar refractivity (Wildman–Crippen MR) is 78.2 cm³/mol. The van der Waals surface area contributed by atoms with Gasteiger partial charge in [0.15, 0.2) is 0 Å². The van der Waals surface area contributed by atoms with E-state index in [1.807, 2.05) is 31.2 Å². The van der Waals surface area contributed by atoms with Crippen molar-refractivity contribution < 1.29 is 14.7 Å². The molecule has 2 rings (SSSR count). The van der Waals surface area contributed by atoms with Crippen molar-refractivity contribution in [3.8, 4) is 0 Å². The summed E-state index contributed by atoms with van der Waals surface area (Å²) in [7, 11) is 1.69. The van der Waals surface area contributed by atoms with Gasteiger partial charge in [0.2, 0.25) is 0 Å². The second-order valence-electron chi connectivity index (χ2n) is 4.89. The van der Waals surface area contributed by atoms with Gasteiger partial charge in [-0.15, -0.1) is 0 Å². The Balaban J connectivity index is 2.15. The quantitative estimate of drug-likeness (QED) is 0.935. The van der Waals surface area contributed by atoms with Gasteiger partial charge in [0, 0.05) is 25.4 Å². The number of aromatic carboxylic acids is 1. The van der Waals surface area contributed by atoms with Crippen LogP contribution in [0.3, 0.4) is 0 Å². The molecule has 0 radical (unpaired) electrons. The van der Waals surface area contributed by atoms with Gasteiger partial charge < -0.3 is 10.0 Å². The van der Waals surface area contributed by atoms with Crippen LogP contribution >= 0.6 is 0 Å². The first kappa shape index (κ1) is 14.7. The van der Waals surface area contributed by atoms with Crippen LogP contribution in [-0.2, 0) is 6.54 Å². The molecule has 0 atom stereocenters. The molecular weight excluding hydrogens is 268 g/mol. The highest BCUT2D eigenvalue weighted by molar-refractivity contribution is 5.96. The molecule has 1 aromatic carbocycles. The summed E-state index contributed by atoms with van der Waals surface area (Å²) in [4.78, 5) is 28.5. The molecule has 5 nitrogen and oxygen atoms in total. The molecule has 0 aliphatic rings. The number of pyridine rings is 1. The average molecular weight is 284 g/mol. The average Bonchev–Trinajstić information content (AvgIpc) is 2.46. The van der Waals surface area contributed by atoms with Gasteiger partial charge in [0.1, 0.15) is 5.69 Å². The third-order valence-electron chi connectivity index (χ3n) is 3.07. The van der Waals surface area contributed by atoms with Gasteiger partial charge in [-0.1, -0.05) is 29.8 Å². The highest BCUT2D eigenvalue weighted by Gasteiger charge is 2.14. The van der Waals surface area contributed by atoms with E-state index in [9.17, 15) is 9.59 Å². The van der Waals surface area contributed by atoms with E-state index in [0.29, 0.717) is 12.1 Å². The Morgan fingerprint density at radius 1 is 1.24 bits per heavy atom. The van der Waals surface area contributed by atoms with E-state index >= 15 is 0 Å². The third kappa shape index (κ3) is 3.66. The fraction of sp³-hybridized carbons (Fsp3) is 0.188. The number of benzene rings is 1. The summed E-state index contributed by atoms with van der Waals surface area (Å²) in [6, 6.07) is 10.7. The molecule has 0 spiro atoms. The molecule has 0 saturated carbocycles. The van der Waals surface area contributed by atoms with Gasteiger partial charge in [-0.3, -0.25) is 4.79 Å². The molecule has 0 unspecified atom stereocenters. The van der Waals surface area contributed by atoms with Crippen LogP contribution < -0.4 is 0 Å². The van der Waals surface area contributed by atoms with Crippen molar-refractivity contribution in [2.24, 2.45) is 0 Å². The first-order valence-electron chi connectivity index (χ1n) is 6.47. The van der Waals surface area contributed by atoms with Gasteiger partial charge in [-0.05, 0) is 24.6 Å². The standard InChI is InChI=1S/C16H16N2O3/c1-11-4-3-5-12(8-11)10-18(2)15(19)13-6-7-17-14(9-13)16(20)21/h3-9H,10H2,1-2H3,(H,20,21). The minimum atomic E-state index is -1.15. The molecule has 1 N–H and O–H groups in total. The normalized spacial score (nSPS) is 10.2. The van der Waals surface area contributed by atoms with Crippen molar-refractivity contribution in [3.63, 3.8) is 0 Å². The van der Waals surface area contributed by atoms with Crippen molar-refractivity contribution >= 4 is 11.9 Å². The van der Waals surface area contributed by atoms with Gasteiger partial charge in [-0.25, -0.2) is 9.78 Å². The summed E-state index contributed by atoms with van der Waals surface area (Å²) >= 11 is 0. The lowest BCUT2D eigenvalue weighted by Crippen LogP contribution is -2.26. The summed E-state index contributed by atoms with van der Waals surface area (Å²) in [6.45, 7) is 2.46. The first-order chi connectivity index (χ1) is 9.97. The van der Waals surface area contributed by atoms with E-state index in [-0.39, 0.29) is 11.6 Å². The minimum absolute atomic E-state index is 0.134. The molecule has 0 aliphatic carbocycles. The molecule has 5 heteroatoms. The summed E-state index contributed by atoms with van der Waals surface area (Å²) in [6.07, 6.45) is 1.33. The SMILES string of the molecule is Cc1cccc(CN(C)C(=O)c2ccnc(C(=O)O)c2)c1. The molecule has 1 heterocycles. The number of carbonyl (C=O) groups excluding carboxylic acids is 1. The molecule has 21 heavy (non-hydrogen) atoms. The second-order valence-corrected chi connectivity index (χ2v) is 4.89. The van der Waals surface area contributed by atoms with Crippen molar-refractivity contribution in [2.75, 3.05) is 7.05 Å². The zero-order chi connectivity index (χ0) is 15.4. The number of aryl methyl sites for hydroxylation is 1. The van der Waals surface area contributed by atoms with E-state index in [4.69, 9.17) is 5.11 Å². The van der Waals surface area contributed by atoms with Crippen LogP contribution in [0.5, 0.6) is 0 Å². The topological polar surface area (TPSA) is 70.5 Å². The van der Waals surface area contributed by atoms with Crippen molar-refractivity contribution in [3.05, 3.63) is 65.0 Å². The number of aromatic nitrogens is 1. The number of carbonyl (C=O) groups is 2. The van der Waals surface area contributed by atoms with Crippen molar-refractivity contribution in [1.82, 2.24) is 9.88 Å². The molecule has 108 valence electrons. The second kappa shape index (κ2) is 6.17. The van der Waals surface area contributed by atoms with Crippen LogP contribution in [0, 0.1) is 6.92 Å². The molecule has 1 aromatic heterocycles. The summed E-state index contributed by atoms with van der Waals surface area (Å²) < 4.78 is 0. The van der Waals surface area contributed by atoms with E-state index in [1.54, 1.807) is 11.9 Å². The van der Waals surface area contributed by atoms with Gasteiger partial charge in [0.05, 0.1) is 0 Å². The number of rotatable bonds is 4. The zero-order valence-electron chi connectivity index (χ0n) is 11.9. The summed E-state index contributed by atoms with van der Waals surface area (Å²) in [5.41, 5.74) is 2.34. The van der Waals surface area contributed by atoms with Gasteiger partial charge >= 0.3 is 5.97 Å². The maximum absolute atomic E-state index is 12.3. The minimum Gasteiger partial charge on any atom is -0.477 e. The van der Waals surface area contributed by atoms with Gasteiger partial charge in [0.25, 0.3) is 5.91 Å². The van der Waals surface area contributed by atoms with Crippen LogP contribution in [-0.4, -0.2) is 33.9 Å². The van der Waals surface area contributed by atoms with E-state index in [1.165, 1.54) is 18.3 Å². The van der Waals surface area contributed by atoms with E-state index < -0.39 is 5.97 Å². The predicted octanol–water partition coefficient (Wildman–Crippen LogP) is 2.36. The molecule has 2 aromatic rings. The fourth-order valence-corrected chi connectivity index (χ4v) is 2.06. The fourth-order valence-electron chi connectivity index (χ4n) is 2.06. The Morgan fingerprint density at radius 3 is 2.67 bits per heavy atom. The summed E-state index contributed by atoms with van der Waals surface area (Å²) in [5, 5.41) is 8.91. The van der Waals surface area contributed by atoms with Crippen LogP contribution in [0.2, 0.25) is 0 Å². The number of carboxylic acid groups (broad SMARTS) is 1. The number of hydrogen-bond donors (Lipinski definition) is 1.